The first-order valence-electron chi connectivity index (χ1n) is 3.36. The van der Waals surface area contributed by atoms with E-state index in [-0.39, 0.29) is 0 Å². The van der Waals surface area contributed by atoms with Gasteiger partial charge >= 0.3 is 0 Å². The molecule has 0 fully saturated rings. The maximum atomic E-state index is 4.18. The van der Waals surface area contributed by atoms with Crippen LogP contribution in [0.15, 0.2) is 26.7 Å². The van der Waals surface area contributed by atoms with Gasteiger partial charge in [-0.2, -0.15) is 0 Å². The number of halogens is 2. The summed E-state index contributed by atoms with van der Waals surface area (Å²) < 4.78 is 1.76. The first kappa shape index (κ1) is 9.23. The molecular formula is C7H3Br2N3S. The molecule has 66 valence electrons. The lowest BCUT2D eigenvalue weighted by Gasteiger charge is -1.93. The fourth-order valence-electron chi connectivity index (χ4n) is 0.831. The first-order chi connectivity index (χ1) is 6.25. The molecule has 0 aliphatic heterocycles. The normalized spacial score (nSPS) is 10.3. The van der Waals surface area contributed by atoms with Gasteiger partial charge in [-0.25, -0.2) is 0 Å². The summed E-state index contributed by atoms with van der Waals surface area (Å²) in [6, 6.07) is 3.78. The van der Waals surface area contributed by atoms with Crippen molar-refractivity contribution >= 4 is 43.2 Å². The van der Waals surface area contributed by atoms with Crippen molar-refractivity contribution in [2.24, 2.45) is 0 Å². The molecule has 2 heterocycles. The van der Waals surface area contributed by atoms with Gasteiger partial charge in [-0.15, -0.1) is 10.2 Å². The zero-order valence-electron chi connectivity index (χ0n) is 6.24. The van der Waals surface area contributed by atoms with Crippen molar-refractivity contribution in [3.8, 4) is 10.7 Å². The van der Waals surface area contributed by atoms with Gasteiger partial charge in [0.2, 0.25) is 0 Å². The molecule has 0 radical (unpaired) electrons. The summed E-state index contributed by atoms with van der Waals surface area (Å²) in [4.78, 5) is 4.18. The van der Waals surface area contributed by atoms with E-state index in [2.05, 4.69) is 47.0 Å². The second kappa shape index (κ2) is 3.81. The Morgan fingerprint density at radius 3 is 2.69 bits per heavy atom. The molecule has 0 aliphatic rings. The van der Waals surface area contributed by atoms with E-state index < -0.39 is 0 Å². The van der Waals surface area contributed by atoms with E-state index in [0.29, 0.717) is 0 Å². The van der Waals surface area contributed by atoms with Crippen LogP contribution in [0.1, 0.15) is 0 Å². The van der Waals surface area contributed by atoms with E-state index in [0.717, 1.165) is 19.1 Å². The van der Waals surface area contributed by atoms with Crippen LogP contribution in [0.3, 0.4) is 0 Å². The number of pyridine rings is 1. The van der Waals surface area contributed by atoms with Gasteiger partial charge in [0, 0.05) is 10.7 Å². The molecule has 2 rings (SSSR count). The third-order valence-corrected chi connectivity index (χ3v) is 3.21. The molecule has 13 heavy (non-hydrogen) atoms. The Morgan fingerprint density at radius 1 is 1.23 bits per heavy atom. The molecule has 0 aromatic carbocycles. The summed E-state index contributed by atoms with van der Waals surface area (Å²) in [6.45, 7) is 0. The lowest BCUT2D eigenvalue weighted by atomic mass is 10.4. The molecule has 0 spiro atoms. The third-order valence-electron chi connectivity index (χ3n) is 1.34. The standard InChI is InChI=1S/C7H3Br2N3S/c8-4-1-2-10-5(3-4)6-11-12-7(9)13-6/h1-3H. The van der Waals surface area contributed by atoms with Crippen LogP contribution < -0.4 is 0 Å². The summed E-state index contributed by atoms with van der Waals surface area (Å²) in [7, 11) is 0. The SMILES string of the molecule is Brc1ccnc(-c2nnc(Br)s2)c1. The molecule has 2 aromatic rings. The van der Waals surface area contributed by atoms with Gasteiger partial charge in [-0.3, -0.25) is 4.98 Å². The van der Waals surface area contributed by atoms with Gasteiger partial charge in [0.1, 0.15) is 5.69 Å². The summed E-state index contributed by atoms with van der Waals surface area (Å²) in [5.41, 5.74) is 0.831. The molecule has 2 aromatic heterocycles. The summed E-state index contributed by atoms with van der Waals surface area (Å²) in [5.74, 6) is 0. The van der Waals surface area contributed by atoms with Crippen molar-refractivity contribution in [3.05, 3.63) is 26.7 Å². The molecule has 6 heteroatoms. The summed E-state index contributed by atoms with van der Waals surface area (Å²) >= 11 is 8.08. The number of aromatic nitrogens is 3. The Labute approximate surface area is 95.5 Å². The molecule has 0 saturated heterocycles. The van der Waals surface area contributed by atoms with Gasteiger partial charge in [0.25, 0.3) is 0 Å². The lowest BCUT2D eigenvalue weighted by Crippen LogP contribution is -1.81. The van der Waals surface area contributed by atoms with E-state index in [1.54, 1.807) is 6.20 Å². The van der Waals surface area contributed by atoms with Crippen molar-refractivity contribution in [2.75, 3.05) is 0 Å². The topological polar surface area (TPSA) is 38.7 Å². The molecule has 0 aliphatic carbocycles. The van der Waals surface area contributed by atoms with Crippen LogP contribution in [-0.4, -0.2) is 15.2 Å². The predicted molar refractivity (Wildman–Crippen MR) is 58.5 cm³/mol. The molecule has 0 unspecified atom stereocenters. The third kappa shape index (κ3) is 2.12. The van der Waals surface area contributed by atoms with Crippen LogP contribution in [0, 0.1) is 0 Å². The van der Waals surface area contributed by atoms with Crippen LogP contribution in [0.2, 0.25) is 0 Å². The molecule has 0 amide bonds. The maximum absolute atomic E-state index is 4.18. The number of nitrogens with zero attached hydrogens (tertiary/aromatic N) is 3. The van der Waals surface area contributed by atoms with E-state index in [4.69, 9.17) is 0 Å². The second-order valence-corrected chi connectivity index (χ2v) is 5.39. The second-order valence-electron chi connectivity index (χ2n) is 2.22. The van der Waals surface area contributed by atoms with Crippen LogP contribution in [0.25, 0.3) is 10.7 Å². The van der Waals surface area contributed by atoms with E-state index in [1.165, 1.54) is 11.3 Å². The number of hydrogen-bond acceptors (Lipinski definition) is 4. The lowest BCUT2D eigenvalue weighted by molar-refractivity contribution is 1.07. The average Bonchev–Trinajstić information content (AvgIpc) is 2.52. The van der Waals surface area contributed by atoms with Gasteiger partial charge < -0.3 is 0 Å². The Hall–Kier alpha value is -0.330. The minimum absolute atomic E-state index is 0.768. The smallest absolute Gasteiger partial charge is 0.183 e. The van der Waals surface area contributed by atoms with Crippen molar-refractivity contribution in [1.29, 1.82) is 0 Å². The summed E-state index contributed by atoms with van der Waals surface area (Å²) in [5, 5.41) is 8.63. The highest BCUT2D eigenvalue weighted by Gasteiger charge is 2.05. The molecule has 0 saturated carbocycles. The molecule has 3 nitrogen and oxygen atoms in total. The largest absolute Gasteiger partial charge is 0.254 e. The van der Waals surface area contributed by atoms with Gasteiger partial charge in [-0.1, -0.05) is 27.3 Å². The summed E-state index contributed by atoms with van der Waals surface area (Å²) in [6.07, 6.45) is 1.73. The highest BCUT2D eigenvalue weighted by atomic mass is 79.9. The Balaban J connectivity index is 2.46. The van der Waals surface area contributed by atoms with Gasteiger partial charge in [-0.05, 0) is 28.1 Å². The maximum Gasteiger partial charge on any atom is 0.183 e. The van der Waals surface area contributed by atoms with Crippen molar-refractivity contribution < 1.29 is 0 Å². The van der Waals surface area contributed by atoms with E-state index >= 15 is 0 Å². The molecule has 0 N–H and O–H groups in total. The first-order valence-corrected chi connectivity index (χ1v) is 5.77. The van der Waals surface area contributed by atoms with E-state index in [1.807, 2.05) is 12.1 Å². The number of hydrogen-bond donors (Lipinski definition) is 0. The quantitative estimate of drug-likeness (QED) is 0.810. The predicted octanol–water partition coefficient (Wildman–Crippen LogP) is 3.13. The molecule has 0 atom stereocenters. The van der Waals surface area contributed by atoms with Crippen molar-refractivity contribution in [2.45, 2.75) is 0 Å². The molecular weight excluding hydrogens is 318 g/mol. The highest BCUT2D eigenvalue weighted by Crippen LogP contribution is 2.26. The van der Waals surface area contributed by atoms with Crippen LogP contribution in [-0.2, 0) is 0 Å². The van der Waals surface area contributed by atoms with E-state index in [9.17, 15) is 0 Å². The number of rotatable bonds is 1. The van der Waals surface area contributed by atoms with Crippen LogP contribution in [0.4, 0.5) is 0 Å². The Bertz CT molecular complexity index is 429. The zero-order valence-corrected chi connectivity index (χ0v) is 10.2. The van der Waals surface area contributed by atoms with Crippen LogP contribution in [0.5, 0.6) is 0 Å². The monoisotopic (exact) mass is 319 g/mol. The minimum atomic E-state index is 0.768. The minimum Gasteiger partial charge on any atom is -0.254 e. The van der Waals surface area contributed by atoms with Crippen molar-refractivity contribution in [1.82, 2.24) is 15.2 Å². The van der Waals surface area contributed by atoms with Gasteiger partial charge in [0.05, 0.1) is 0 Å². The fraction of sp³-hybridized carbons (Fsp3) is 0. The molecule has 0 bridgehead atoms. The van der Waals surface area contributed by atoms with Gasteiger partial charge in [0.15, 0.2) is 8.92 Å². The zero-order chi connectivity index (χ0) is 9.26. The fourth-order valence-corrected chi connectivity index (χ4v) is 2.24. The van der Waals surface area contributed by atoms with Crippen LogP contribution >= 0.6 is 43.2 Å². The Kier molecular flexibility index (Phi) is 2.71. The Morgan fingerprint density at radius 2 is 2.08 bits per heavy atom. The average molecular weight is 321 g/mol. The highest BCUT2D eigenvalue weighted by molar-refractivity contribution is 9.11. The van der Waals surface area contributed by atoms with Crippen molar-refractivity contribution in [3.63, 3.8) is 0 Å².